The first kappa shape index (κ1) is 13.0. The van der Waals surface area contributed by atoms with Crippen LogP contribution in [0.25, 0.3) is 0 Å². The maximum atomic E-state index is 6.01. The van der Waals surface area contributed by atoms with Crippen LogP contribution in [0.1, 0.15) is 40.0 Å². The summed E-state index contributed by atoms with van der Waals surface area (Å²) in [5, 5.41) is 3.14. The molecule has 0 aromatic rings. The Morgan fingerprint density at radius 1 is 1.33 bits per heavy atom. The zero-order chi connectivity index (χ0) is 11.3. The minimum Gasteiger partial charge on any atom is -0.377 e. The van der Waals surface area contributed by atoms with Gasteiger partial charge in [-0.15, -0.1) is 0 Å². The van der Waals surface area contributed by atoms with Crippen molar-refractivity contribution in [3.05, 3.63) is 0 Å². The van der Waals surface area contributed by atoms with Gasteiger partial charge in [-0.3, -0.25) is 0 Å². The Bertz CT molecular complexity index is 170. The Labute approximate surface area is 94.8 Å². The Morgan fingerprint density at radius 3 is 2.67 bits per heavy atom. The molecule has 0 saturated heterocycles. The molecular formula is C13H27NO. The molecule has 0 bridgehead atoms. The summed E-state index contributed by atoms with van der Waals surface area (Å²) in [6.07, 6.45) is 4.49. The van der Waals surface area contributed by atoms with Gasteiger partial charge in [-0.25, -0.2) is 0 Å². The molecule has 1 aliphatic carbocycles. The molecule has 0 aliphatic heterocycles. The van der Waals surface area contributed by atoms with Gasteiger partial charge in [0.15, 0.2) is 0 Å². The lowest BCUT2D eigenvalue weighted by Gasteiger charge is -2.37. The van der Waals surface area contributed by atoms with Gasteiger partial charge in [0.05, 0.1) is 12.7 Å². The molecule has 0 aromatic carbocycles. The van der Waals surface area contributed by atoms with Gasteiger partial charge in [0, 0.05) is 6.54 Å². The van der Waals surface area contributed by atoms with E-state index in [-0.39, 0.29) is 0 Å². The van der Waals surface area contributed by atoms with Gasteiger partial charge in [-0.2, -0.15) is 0 Å². The van der Waals surface area contributed by atoms with Gasteiger partial charge in [0.25, 0.3) is 0 Å². The van der Waals surface area contributed by atoms with Crippen LogP contribution < -0.4 is 5.32 Å². The third kappa shape index (κ3) is 4.12. The Hall–Kier alpha value is -0.0800. The van der Waals surface area contributed by atoms with Gasteiger partial charge in [-0.1, -0.05) is 27.2 Å². The normalized spacial score (nSPS) is 32.2. The lowest BCUT2D eigenvalue weighted by atomic mass is 9.75. The number of nitrogens with one attached hydrogen (secondary N) is 1. The first-order valence-electron chi connectivity index (χ1n) is 6.41. The third-order valence-electron chi connectivity index (χ3n) is 3.65. The molecule has 0 amide bonds. The zero-order valence-corrected chi connectivity index (χ0v) is 10.8. The predicted octanol–water partition coefficient (Wildman–Crippen LogP) is 2.68. The van der Waals surface area contributed by atoms with Gasteiger partial charge in [-0.05, 0) is 37.6 Å². The first-order valence-corrected chi connectivity index (χ1v) is 6.41. The molecule has 1 aliphatic rings. The van der Waals surface area contributed by atoms with E-state index in [2.05, 4.69) is 26.1 Å². The summed E-state index contributed by atoms with van der Waals surface area (Å²) < 4.78 is 6.01. The van der Waals surface area contributed by atoms with Crippen LogP contribution in [0.4, 0.5) is 0 Å². The van der Waals surface area contributed by atoms with Crippen LogP contribution >= 0.6 is 0 Å². The highest BCUT2D eigenvalue weighted by Crippen LogP contribution is 2.35. The SMILES string of the molecule is CNCCO[C@@H]1C[C@H](C)CC[C@H]1C(C)C. The third-order valence-corrected chi connectivity index (χ3v) is 3.65. The summed E-state index contributed by atoms with van der Waals surface area (Å²) in [6.45, 7) is 8.84. The molecule has 2 heteroatoms. The van der Waals surface area contributed by atoms with E-state index in [1.165, 1.54) is 19.3 Å². The van der Waals surface area contributed by atoms with E-state index in [0.29, 0.717) is 6.10 Å². The summed E-state index contributed by atoms with van der Waals surface area (Å²) in [5.74, 6) is 2.38. The molecule has 0 radical (unpaired) electrons. The fourth-order valence-corrected chi connectivity index (χ4v) is 2.62. The summed E-state index contributed by atoms with van der Waals surface area (Å²) in [7, 11) is 1.98. The van der Waals surface area contributed by atoms with E-state index < -0.39 is 0 Å². The second kappa shape index (κ2) is 6.49. The van der Waals surface area contributed by atoms with Crippen molar-refractivity contribution < 1.29 is 4.74 Å². The topological polar surface area (TPSA) is 21.3 Å². The van der Waals surface area contributed by atoms with Gasteiger partial charge < -0.3 is 10.1 Å². The average Bonchev–Trinajstić information content (AvgIpc) is 2.18. The van der Waals surface area contributed by atoms with E-state index in [1.807, 2.05) is 7.05 Å². The summed E-state index contributed by atoms with van der Waals surface area (Å²) in [6, 6.07) is 0. The van der Waals surface area contributed by atoms with Gasteiger partial charge in [0.1, 0.15) is 0 Å². The maximum Gasteiger partial charge on any atom is 0.0608 e. The number of hydrogen-bond acceptors (Lipinski definition) is 2. The molecule has 15 heavy (non-hydrogen) atoms. The van der Waals surface area contributed by atoms with E-state index in [9.17, 15) is 0 Å². The van der Waals surface area contributed by atoms with Crippen molar-refractivity contribution in [2.75, 3.05) is 20.2 Å². The van der Waals surface area contributed by atoms with Crippen molar-refractivity contribution in [1.29, 1.82) is 0 Å². The molecule has 1 rings (SSSR count). The van der Waals surface area contributed by atoms with Crippen LogP contribution in [0.5, 0.6) is 0 Å². The second-order valence-electron chi connectivity index (χ2n) is 5.34. The van der Waals surface area contributed by atoms with Crippen LogP contribution in [0.15, 0.2) is 0 Å². The quantitative estimate of drug-likeness (QED) is 0.709. The van der Waals surface area contributed by atoms with Crippen LogP contribution in [0.2, 0.25) is 0 Å². The van der Waals surface area contributed by atoms with Crippen LogP contribution in [-0.2, 0) is 4.74 Å². The average molecular weight is 213 g/mol. The number of likely N-dealkylation sites (N-methyl/N-ethyl adjacent to an activating group) is 1. The van der Waals surface area contributed by atoms with Crippen LogP contribution in [0.3, 0.4) is 0 Å². The zero-order valence-electron chi connectivity index (χ0n) is 10.8. The summed E-state index contributed by atoms with van der Waals surface area (Å²) in [4.78, 5) is 0. The molecule has 90 valence electrons. The van der Waals surface area contributed by atoms with Crippen molar-refractivity contribution in [1.82, 2.24) is 5.32 Å². The van der Waals surface area contributed by atoms with Crippen molar-refractivity contribution in [3.63, 3.8) is 0 Å². The lowest BCUT2D eigenvalue weighted by molar-refractivity contribution is -0.0363. The standard InChI is InChI=1S/C13H27NO/c1-10(2)12-6-5-11(3)9-13(12)15-8-7-14-4/h10-14H,5-9H2,1-4H3/t11-,12+,13-/m1/s1. The molecule has 2 nitrogen and oxygen atoms in total. The molecule has 1 fully saturated rings. The minimum atomic E-state index is 0.502. The Kier molecular flexibility index (Phi) is 5.62. The lowest BCUT2D eigenvalue weighted by Crippen LogP contribution is -2.35. The molecule has 0 spiro atoms. The van der Waals surface area contributed by atoms with Crippen molar-refractivity contribution >= 4 is 0 Å². The minimum absolute atomic E-state index is 0.502. The molecule has 0 heterocycles. The summed E-state index contributed by atoms with van der Waals surface area (Å²) >= 11 is 0. The molecular weight excluding hydrogens is 186 g/mol. The highest BCUT2D eigenvalue weighted by atomic mass is 16.5. The van der Waals surface area contributed by atoms with E-state index in [4.69, 9.17) is 4.74 Å². The smallest absolute Gasteiger partial charge is 0.0608 e. The second-order valence-corrected chi connectivity index (χ2v) is 5.34. The fourth-order valence-electron chi connectivity index (χ4n) is 2.62. The number of ether oxygens (including phenoxy) is 1. The fraction of sp³-hybridized carbons (Fsp3) is 1.00. The number of rotatable bonds is 5. The van der Waals surface area contributed by atoms with Crippen molar-refractivity contribution in [2.24, 2.45) is 17.8 Å². The summed E-state index contributed by atoms with van der Waals surface area (Å²) in [5.41, 5.74) is 0. The molecule has 3 atom stereocenters. The van der Waals surface area contributed by atoms with Gasteiger partial charge in [0.2, 0.25) is 0 Å². The van der Waals surface area contributed by atoms with E-state index in [0.717, 1.165) is 30.9 Å². The highest BCUT2D eigenvalue weighted by molar-refractivity contribution is 4.81. The largest absolute Gasteiger partial charge is 0.377 e. The van der Waals surface area contributed by atoms with E-state index in [1.54, 1.807) is 0 Å². The first-order chi connectivity index (χ1) is 7.15. The van der Waals surface area contributed by atoms with Crippen LogP contribution in [0, 0.1) is 17.8 Å². The predicted molar refractivity (Wildman–Crippen MR) is 65.0 cm³/mol. The molecule has 0 unspecified atom stereocenters. The maximum absolute atomic E-state index is 6.01. The monoisotopic (exact) mass is 213 g/mol. The molecule has 0 aromatic heterocycles. The Balaban J connectivity index is 2.39. The molecule has 1 N–H and O–H groups in total. The Morgan fingerprint density at radius 2 is 2.07 bits per heavy atom. The number of hydrogen-bond donors (Lipinski definition) is 1. The van der Waals surface area contributed by atoms with Gasteiger partial charge >= 0.3 is 0 Å². The van der Waals surface area contributed by atoms with Crippen molar-refractivity contribution in [2.45, 2.75) is 46.1 Å². The van der Waals surface area contributed by atoms with Crippen molar-refractivity contribution in [3.8, 4) is 0 Å². The highest BCUT2D eigenvalue weighted by Gasteiger charge is 2.30. The van der Waals surface area contributed by atoms with Crippen LogP contribution in [-0.4, -0.2) is 26.3 Å². The molecule has 1 saturated carbocycles. The van der Waals surface area contributed by atoms with E-state index >= 15 is 0 Å².